The lowest BCUT2D eigenvalue weighted by molar-refractivity contribution is -0.129. The maximum Gasteiger partial charge on any atom is 0.245 e. The van der Waals surface area contributed by atoms with Crippen molar-refractivity contribution >= 4 is 11.8 Å². The number of carbonyl (C=O) groups excluding carboxylic acids is 2. The molecule has 0 saturated carbocycles. The van der Waals surface area contributed by atoms with E-state index in [0.29, 0.717) is 12.2 Å². The lowest BCUT2D eigenvalue weighted by Gasteiger charge is -2.29. The van der Waals surface area contributed by atoms with Crippen LogP contribution in [0.25, 0.3) is 0 Å². The largest absolute Gasteiger partial charge is 0.507 e. The van der Waals surface area contributed by atoms with Crippen molar-refractivity contribution in [2.24, 2.45) is 0 Å². The lowest BCUT2D eigenvalue weighted by atomic mass is 9.77. The van der Waals surface area contributed by atoms with Crippen LogP contribution in [-0.4, -0.2) is 16.9 Å². The van der Waals surface area contributed by atoms with Crippen LogP contribution in [0.15, 0.2) is 12.1 Å². The van der Waals surface area contributed by atoms with E-state index in [0.717, 1.165) is 29.5 Å². The molecule has 1 aromatic carbocycles. The third-order valence-electron chi connectivity index (χ3n) is 7.97. The normalized spacial score (nSPS) is 12.8. The van der Waals surface area contributed by atoms with Gasteiger partial charge in [0.15, 0.2) is 0 Å². The molecule has 0 saturated heterocycles. The molecule has 5 nitrogen and oxygen atoms in total. The average molecular weight is 559 g/mol. The zero-order chi connectivity index (χ0) is 30.2. The number of hydrogen-bond donors (Lipinski definition) is 3. The second kappa shape index (κ2) is 18.4. The molecule has 1 atom stereocenters. The fourth-order valence-electron chi connectivity index (χ4n) is 5.16. The maximum absolute atomic E-state index is 12.9. The number of aromatic hydroxyl groups is 1. The summed E-state index contributed by atoms with van der Waals surface area (Å²) in [5.41, 5.74) is 7.16. The van der Waals surface area contributed by atoms with Gasteiger partial charge in [-0.25, -0.2) is 0 Å². The van der Waals surface area contributed by atoms with Crippen LogP contribution in [-0.2, 0) is 20.4 Å². The Labute approximate surface area is 246 Å². The van der Waals surface area contributed by atoms with E-state index in [-0.39, 0.29) is 22.6 Å². The molecular weight excluding hydrogens is 496 g/mol. The molecule has 0 aromatic heterocycles. The number of benzene rings is 1. The average Bonchev–Trinajstić information content (AvgIpc) is 2.87. The zero-order valence-corrected chi connectivity index (χ0v) is 27.3. The predicted molar refractivity (Wildman–Crippen MR) is 170 cm³/mol. The van der Waals surface area contributed by atoms with Gasteiger partial charge >= 0.3 is 0 Å². The Bertz CT molecular complexity index is 845. The number of hydrazine groups is 1. The van der Waals surface area contributed by atoms with Gasteiger partial charge in [-0.3, -0.25) is 20.4 Å². The summed E-state index contributed by atoms with van der Waals surface area (Å²) in [4.78, 5) is 25.2. The first-order valence-corrected chi connectivity index (χ1v) is 16.3. The first-order valence-electron chi connectivity index (χ1n) is 16.3. The summed E-state index contributed by atoms with van der Waals surface area (Å²) < 4.78 is 0. The molecular formula is C35H62N2O3. The first kappa shape index (κ1) is 36.0. The van der Waals surface area contributed by atoms with Crippen molar-refractivity contribution in [3.8, 4) is 5.75 Å². The minimum absolute atomic E-state index is 0.147. The Hall–Kier alpha value is -2.04. The van der Waals surface area contributed by atoms with Gasteiger partial charge in [0.05, 0.1) is 5.92 Å². The summed E-state index contributed by atoms with van der Waals surface area (Å²) in [6.07, 6.45) is 19.8. The summed E-state index contributed by atoms with van der Waals surface area (Å²) in [6, 6.07) is 3.85. The van der Waals surface area contributed by atoms with Gasteiger partial charge in [0.2, 0.25) is 11.8 Å². The quantitative estimate of drug-likeness (QED) is 0.124. The van der Waals surface area contributed by atoms with Crippen LogP contribution in [0.4, 0.5) is 0 Å². The summed E-state index contributed by atoms with van der Waals surface area (Å²) in [6.45, 7) is 16.4. The monoisotopic (exact) mass is 558 g/mol. The summed E-state index contributed by atoms with van der Waals surface area (Å²) in [5.74, 6) is -0.566. The fourth-order valence-corrected chi connectivity index (χ4v) is 5.16. The third kappa shape index (κ3) is 14.0. The fraction of sp³-hybridized carbons (Fsp3) is 0.771. The highest BCUT2D eigenvalue weighted by molar-refractivity contribution is 5.86. The van der Waals surface area contributed by atoms with Crippen LogP contribution >= 0.6 is 0 Å². The molecule has 3 N–H and O–H groups in total. The second-order valence-electron chi connectivity index (χ2n) is 13.9. The Morgan fingerprint density at radius 2 is 1.05 bits per heavy atom. The van der Waals surface area contributed by atoms with Gasteiger partial charge in [0, 0.05) is 6.42 Å². The zero-order valence-electron chi connectivity index (χ0n) is 27.3. The van der Waals surface area contributed by atoms with Crippen LogP contribution < -0.4 is 10.9 Å². The van der Waals surface area contributed by atoms with Gasteiger partial charge in [-0.1, -0.05) is 150 Å². The topological polar surface area (TPSA) is 78.4 Å². The van der Waals surface area contributed by atoms with Crippen LogP contribution in [0.3, 0.4) is 0 Å². The molecule has 0 aliphatic heterocycles. The number of unbranched alkanes of at least 4 members (excludes halogenated alkanes) is 14. The molecule has 0 aliphatic rings. The smallest absolute Gasteiger partial charge is 0.245 e. The highest BCUT2D eigenvalue weighted by Crippen LogP contribution is 2.41. The van der Waals surface area contributed by atoms with Crippen LogP contribution in [0, 0.1) is 0 Å². The molecule has 1 aromatic rings. The van der Waals surface area contributed by atoms with E-state index in [1.807, 2.05) is 19.1 Å². The highest BCUT2D eigenvalue weighted by atomic mass is 16.3. The third-order valence-corrected chi connectivity index (χ3v) is 7.97. The molecule has 2 amide bonds. The van der Waals surface area contributed by atoms with Gasteiger partial charge in [0.1, 0.15) is 5.75 Å². The minimum atomic E-state index is -0.464. The molecule has 0 bridgehead atoms. The van der Waals surface area contributed by atoms with E-state index >= 15 is 0 Å². The molecule has 0 aliphatic carbocycles. The number of carbonyl (C=O) groups is 2. The lowest BCUT2D eigenvalue weighted by Crippen LogP contribution is -2.43. The Kier molecular flexibility index (Phi) is 16.6. The molecule has 0 radical (unpaired) electrons. The Morgan fingerprint density at radius 1 is 0.675 bits per heavy atom. The van der Waals surface area contributed by atoms with Crippen molar-refractivity contribution in [1.82, 2.24) is 10.9 Å². The first-order chi connectivity index (χ1) is 18.8. The van der Waals surface area contributed by atoms with Crippen molar-refractivity contribution in [3.63, 3.8) is 0 Å². The number of phenolic OH excluding ortho intramolecular Hbond substituents is 1. The van der Waals surface area contributed by atoms with Crippen molar-refractivity contribution in [1.29, 1.82) is 0 Å². The van der Waals surface area contributed by atoms with E-state index in [1.165, 1.54) is 83.5 Å². The van der Waals surface area contributed by atoms with Gasteiger partial charge < -0.3 is 5.11 Å². The summed E-state index contributed by atoms with van der Waals surface area (Å²) in [5, 5.41) is 11.0. The predicted octanol–water partition coefficient (Wildman–Crippen LogP) is 9.50. The van der Waals surface area contributed by atoms with E-state index in [2.05, 4.69) is 59.3 Å². The molecule has 0 fully saturated rings. The number of nitrogens with one attached hydrogen (secondary N) is 2. The van der Waals surface area contributed by atoms with Crippen molar-refractivity contribution in [2.75, 3.05) is 0 Å². The Morgan fingerprint density at radius 3 is 1.43 bits per heavy atom. The SMILES string of the molecule is CCCCCCCCCCCCCCCCCC(=O)NNC(=O)C(C)c1cc(C(C)(C)C)c(O)c(C(C)(C)C)c1. The Balaban J connectivity index is 2.30. The van der Waals surface area contributed by atoms with Gasteiger partial charge in [-0.2, -0.15) is 0 Å². The number of rotatable bonds is 18. The van der Waals surface area contributed by atoms with E-state index in [4.69, 9.17) is 0 Å². The van der Waals surface area contributed by atoms with E-state index in [1.54, 1.807) is 0 Å². The highest BCUT2D eigenvalue weighted by Gasteiger charge is 2.28. The molecule has 1 unspecified atom stereocenters. The van der Waals surface area contributed by atoms with Gasteiger partial charge in [-0.05, 0) is 40.9 Å². The van der Waals surface area contributed by atoms with E-state index in [9.17, 15) is 14.7 Å². The van der Waals surface area contributed by atoms with Crippen LogP contribution in [0.5, 0.6) is 5.75 Å². The minimum Gasteiger partial charge on any atom is -0.507 e. The summed E-state index contributed by atoms with van der Waals surface area (Å²) in [7, 11) is 0. The van der Waals surface area contributed by atoms with Crippen molar-refractivity contribution < 1.29 is 14.7 Å². The van der Waals surface area contributed by atoms with Gasteiger partial charge in [-0.15, -0.1) is 0 Å². The van der Waals surface area contributed by atoms with Crippen molar-refractivity contribution in [2.45, 2.75) is 175 Å². The maximum atomic E-state index is 12.9. The standard InChI is InChI=1S/C35H62N2O3/c1-9-10-11-12-13-14-15-16-17-18-19-20-21-22-23-24-31(38)36-37-33(40)27(2)28-25-29(34(3,4)5)32(39)30(26-28)35(6,7)8/h25-27,39H,9-24H2,1-8H3,(H,36,38)(H,37,40). The molecule has 40 heavy (non-hydrogen) atoms. The van der Waals surface area contributed by atoms with Crippen LogP contribution in [0.1, 0.15) is 181 Å². The molecule has 5 heteroatoms. The second-order valence-corrected chi connectivity index (χ2v) is 13.9. The molecule has 0 heterocycles. The molecule has 0 spiro atoms. The molecule has 1 rings (SSSR count). The summed E-state index contributed by atoms with van der Waals surface area (Å²) >= 11 is 0. The number of hydrogen-bond acceptors (Lipinski definition) is 3. The van der Waals surface area contributed by atoms with Crippen LogP contribution in [0.2, 0.25) is 0 Å². The van der Waals surface area contributed by atoms with E-state index < -0.39 is 5.92 Å². The molecule has 230 valence electrons. The van der Waals surface area contributed by atoms with Gasteiger partial charge in [0.25, 0.3) is 0 Å². The van der Waals surface area contributed by atoms with Crippen molar-refractivity contribution in [3.05, 3.63) is 28.8 Å². The number of phenols is 1. The number of amides is 2.